The molecule has 0 bridgehead atoms. The Bertz CT molecular complexity index is 748. The number of nitrogens with two attached hydrogens (primary N) is 1. The molecular weight excluding hydrogens is 252 g/mol. The molecule has 2 aromatic heterocycles. The lowest BCUT2D eigenvalue weighted by Crippen LogP contribution is -1.99. The maximum atomic E-state index is 6.15. The van der Waals surface area contributed by atoms with Crippen molar-refractivity contribution >= 4 is 16.5 Å². The summed E-state index contributed by atoms with van der Waals surface area (Å²) in [6, 6.07) is 5.98. The van der Waals surface area contributed by atoms with Crippen LogP contribution in [0, 0.1) is 0 Å². The molecule has 3 aromatic rings. The number of hydrogen-bond donors (Lipinski definition) is 1. The van der Waals surface area contributed by atoms with Crippen molar-refractivity contribution in [3.8, 4) is 11.5 Å². The highest BCUT2D eigenvalue weighted by atomic mass is 16.5. The Morgan fingerprint density at radius 3 is 2.80 bits per heavy atom. The van der Waals surface area contributed by atoms with Gasteiger partial charge in [0, 0.05) is 29.2 Å². The smallest absolute Gasteiger partial charge is 0.165 e. The van der Waals surface area contributed by atoms with Crippen molar-refractivity contribution in [3.05, 3.63) is 43.0 Å². The molecule has 5 heteroatoms. The second-order valence-electron chi connectivity index (χ2n) is 4.93. The van der Waals surface area contributed by atoms with E-state index in [2.05, 4.69) is 23.9 Å². The number of benzene rings is 1. The van der Waals surface area contributed by atoms with Crippen molar-refractivity contribution in [1.29, 1.82) is 0 Å². The normalized spacial score (nSPS) is 11.2. The van der Waals surface area contributed by atoms with Crippen LogP contribution >= 0.6 is 0 Å². The molecule has 0 unspecified atom stereocenters. The molecule has 2 N–H and O–H groups in total. The van der Waals surface area contributed by atoms with Gasteiger partial charge < -0.3 is 10.5 Å². The minimum Gasteiger partial charge on any atom is -0.452 e. The van der Waals surface area contributed by atoms with Gasteiger partial charge in [-0.15, -0.1) is 0 Å². The zero-order valence-corrected chi connectivity index (χ0v) is 11.4. The third-order valence-corrected chi connectivity index (χ3v) is 3.16. The molecule has 1 aromatic carbocycles. The number of rotatable bonds is 3. The summed E-state index contributed by atoms with van der Waals surface area (Å²) in [6.07, 6.45) is 7.06. The summed E-state index contributed by atoms with van der Waals surface area (Å²) in [5.74, 6) is 1.31. The molecule has 20 heavy (non-hydrogen) atoms. The Hall–Kier alpha value is -2.56. The van der Waals surface area contributed by atoms with Gasteiger partial charge in [-0.2, -0.15) is 5.10 Å². The van der Waals surface area contributed by atoms with Crippen LogP contribution in [0.15, 0.2) is 43.0 Å². The van der Waals surface area contributed by atoms with Crippen LogP contribution in [0.5, 0.6) is 11.5 Å². The van der Waals surface area contributed by atoms with E-state index in [1.54, 1.807) is 18.6 Å². The third kappa shape index (κ3) is 2.18. The van der Waals surface area contributed by atoms with Crippen molar-refractivity contribution in [2.75, 3.05) is 5.73 Å². The molecule has 3 rings (SSSR count). The second kappa shape index (κ2) is 4.85. The highest BCUT2D eigenvalue weighted by Gasteiger charge is 2.08. The molecule has 0 saturated carbocycles. The second-order valence-corrected chi connectivity index (χ2v) is 4.93. The Kier molecular flexibility index (Phi) is 3.02. The van der Waals surface area contributed by atoms with Crippen LogP contribution in [0.1, 0.15) is 19.9 Å². The van der Waals surface area contributed by atoms with Crippen LogP contribution in [0.4, 0.5) is 5.69 Å². The van der Waals surface area contributed by atoms with E-state index in [9.17, 15) is 0 Å². The standard InChI is InChI=1S/C15H16N4O/c1-10(2)19-9-12(8-18-19)20-14-4-3-11-7-17-6-5-13(11)15(14)16/h3-10H,16H2,1-2H3. The number of nitrogens with zero attached hydrogens (tertiary/aromatic N) is 3. The first-order chi connectivity index (χ1) is 9.65. The van der Waals surface area contributed by atoms with Gasteiger partial charge in [-0.3, -0.25) is 9.67 Å². The molecule has 5 nitrogen and oxygen atoms in total. The number of hydrogen-bond acceptors (Lipinski definition) is 4. The Balaban J connectivity index is 1.96. The van der Waals surface area contributed by atoms with Gasteiger partial charge in [0.15, 0.2) is 11.5 Å². The average molecular weight is 268 g/mol. The van der Waals surface area contributed by atoms with Crippen molar-refractivity contribution < 1.29 is 4.74 Å². The number of nitrogen functional groups attached to an aromatic ring is 1. The molecule has 0 aliphatic rings. The molecule has 102 valence electrons. The molecule has 0 radical (unpaired) electrons. The van der Waals surface area contributed by atoms with Crippen LogP contribution < -0.4 is 10.5 Å². The first-order valence-electron chi connectivity index (χ1n) is 6.49. The summed E-state index contributed by atoms with van der Waals surface area (Å²) in [5.41, 5.74) is 6.77. The lowest BCUT2D eigenvalue weighted by atomic mass is 10.1. The third-order valence-electron chi connectivity index (χ3n) is 3.16. The van der Waals surface area contributed by atoms with Crippen LogP contribution in [-0.2, 0) is 0 Å². The first-order valence-corrected chi connectivity index (χ1v) is 6.49. The van der Waals surface area contributed by atoms with E-state index in [-0.39, 0.29) is 0 Å². The molecule has 2 heterocycles. The molecule has 0 spiro atoms. The minimum absolute atomic E-state index is 0.298. The maximum absolute atomic E-state index is 6.15. The number of ether oxygens (including phenoxy) is 1. The first kappa shape index (κ1) is 12.5. The summed E-state index contributed by atoms with van der Waals surface area (Å²) in [5, 5.41) is 6.18. The molecule has 0 fully saturated rings. The monoisotopic (exact) mass is 268 g/mol. The van der Waals surface area contributed by atoms with E-state index < -0.39 is 0 Å². The van der Waals surface area contributed by atoms with Gasteiger partial charge in [0.1, 0.15) is 0 Å². The van der Waals surface area contributed by atoms with Gasteiger partial charge in [-0.05, 0) is 32.0 Å². The van der Waals surface area contributed by atoms with E-state index in [4.69, 9.17) is 10.5 Å². The Labute approximate surface area is 117 Å². The molecular formula is C15H16N4O. The maximum Gasteiger partial charge on any atom is 0.165 e. The van der Waals surface area contributed by atoms with Crippen LogP contribution in [-0.4, -0.2) is 14.8 Å². The quantitative estimate of drug-likeness (QED) is 0.739. The van der Waals surface area contributed by atoms with E-state index in [0.29, 0.717) is 23.2 Å². The zero-order valence-electron chi connectivity index (χ0n) is 11.4. The van der Waals surface area contributed by atoms with Gasteiger partial charge >= 0.3 is 0 Å². The number of aromatic nitrogens is 3. The molecule has 0 saturated heterocycles. The van der Waals surface area contributed by atoms with E-state index in [0.717, 1.165) is 10.8 Å². The van der Waals surface area contributed by atoms with Gasteiger partial charge in [0.2, 0.25) is 0 Å². The summed E-state index contributed by atoms with van der Waals surface area (Å²) in [7, 11) is 0. The van der Waals surface area contributed by atoms with Crippen molar-refractivity contribution in [2.45, 2.75) is 19.9 Å². The zero-order chi connectivity index (χ0) is 14.1. The van der Waals surface area contributed by atoms with Crippen molar-refractivity contribution in [1.82, 2.24) is 14.8 Å². The number of pyridine rings is 1. The molecule has 0 aliphatic carbocycles. The summed E-state index contributed by atoms with van der Waals surface area (Å²) < 4.78 is 7.66. The molecule has 0 amide bonds. The summed E-state index contributed by atoms with van der Waals surface area (Å²) in [6.45, 7) is 4.13. The van der Waals surface area contributed by atoms with Crippen LogP contribution in [0.3, 0.4) is 0 Å². The Morgan fingerprint density at radius 1 is 1.20 bits per heavy atom. The highest BCUT2D eigenvalue weighted by Crippen LogP contribution is 2.33. The van der Waals surface area contributed by atoms with Gasteiger partial charge in [0.25, 0.3) is 0 Å². The van der Waals surface area contributed by atoms with Crippen LogP contribution in [0.25, 0.3) is 10.8 Å². The largest absolute Gasteiger partial charge is 0.452 e. The fourth-order valence-corrected chi connectivity index (χ4v) is 2.04. The van der Waals surface area contributed by atoms with Gasteiger partial charge in [-0.1, -0.05) is 0 Å². The summed E-state index contributed by atoms with van der Waals surface area (Å²) >= 11 is 0. The fourth-order valence-electron chi connectivity index (χ4n) is 2.04. The lowest BCUT2D eigenvalue weighted by molar-refractivity contribution is 0.480. The number of fused-ring (bicyclic) bond motifs is 1. The predicted molar refractivity (Wildman–Crippen MR) is 78.8 cm³/mol. The van der Waals surface area contributed by atoms with Crippen LogP contribution in [0.2, 0.25) is 0 Å². The van der Waals surface area contributed by atoms with E-state index in [1.165, 1.54) is 0 Å². The molecule has 0 atom stereocenters. The van der Waals surface area contributed by atoms with Gasteiger partial charge in [-0.25, -0.2) is 0 Å². The van der Waals surface area contributed by atoms with Crippen molar-refractivity contribution in [2.24, 2.45) is 0 Å². The fraction of sp³-hybridized carbons (Fsp3) is 0.200. The minimum atomic E-state index is 0.298. The summed E-state index contributed by atoms with van der Waals surface area (Å²) in [4.78, 5) is 4.08. The van der Waals surface area contributed by atoms with Crippen molar-refractivity contribution in [3.63, 3.8) is 0 Å². The highest BCUT2D eigenvalue weighted by molar-refractivity contribution is 5.95. The number of anilines is 1. The lowest BCUT2D eigenvalue weighted by Gasteiger charge is -2.09. The predicted octanol–water partition coefficient (Wildman–Crippen LogP) is 3.39. The topological polar surface area (TPSA) is 66.0 Å². The Morgan fingerprint density at radius 2 is 2.05 bits per heavy atom. The van der Waals surface area contributed by atoms with Gasteiger partial charge in [0.05, 0.1) is 18.1 Å². The SMILES string of the molecule is CC(C)n1cc(Oc2ccc3cnccc3c2N)cn1. The average Bonchev–Trinajstić information content (AvgIpc) is 2.91. The molecule has 0 aliphatic heterocycles. The van der Waals surface area contributed by atoms with E-state index >= 15 is 0 Å². The van der Waals surface area contributed by atoms with E-state index in [1.807, 2.05) is 29.1 Å².